The number of anilines is 1. The first kappa shape index (κ1) is 20.6. The molecule has 1 aromatic carbocycles. The fourth-order valence-corrected chi connectivity index (χ4v) is 5.72. The Hall–Kier alpha value is -2.27. The van der Waals surface area contributed by atoms with Crippen LogP contribution in [0.5, 0.6) is 0 Å². The molecule has 3 heterocycles. The summed E-state index contributed by atoms with van der Waals surface area (Å²) in [6.07, 6.45) is 8.74. The first-order chi connectivity index (χ1) is 15.1. The van der Waals surface area contributed by atoms with E-state index in [1.54, 1.807) is 0 Å². The Morgan fingerprint density at radius 2 is 1.90 bits per heavy atom. The number of hydrogen-bond acceptors (Lipinski definition) is 4. The largest absolute Gasteiger partial charge is 0.300 e. The number of rotatable bonds is 5. The van der Waals surface area contributed by atoms with Gasteiger partial charge in [-0.2, -0.15) is 0 Å². The minimum Gasteiger partial charge on any atom is -0.300 e. The molecule has 2 fully saturated rings. The van der Waals surface area contributed by atoms with Crippen LogP contribution in [-0.4, -0.2) is 46.5 Å². The molecular weight excluding hydrogens is 384 g/mol. The molecule has 0 N–H and O–H groups in total. The first-order valence-electron chi connectivity index (χ1n) is 12.1. The predicted molar refractivity (Wildman–Crippen MR) is 124 cm³/mol. The van der Waals surface area contributed by atoms with E-state index in [0.717, 1.165) is 55.7 Å². The molecule has 1 saturated heterocycles. The van der Waals surface area contributed by atoms with Crippen molar-refractivity contribution in [3.8, 4) is 0 Å². The number of hydrogen-bond donors (Lipinski definition) is 0. The second-order valence-electron chi connectivity index (χ2n) is 9.67. The van der Waals surface area contributed by atoms with Crippen molar-refractivity contribution in [3.63, 3.8) is 0 Å². The van der Waals surface area contributed by atoms with Crippen molar-refractivity contribution in [2.24, 2.45) is 0 Å². The molecule has 31 heavy (non-hydrogen) atoms. The SMILES string of the molecule is Cc1cccc(CCN2C(=O)CCc3c(C)nc([C@@H]4CCN(C5CCCC5)C4)nc32)c1. The van der Waals surface area contributed by atoms with Crippen molar-refractivity contribution in [3.05, 3.63) is 52.5 Å². The smallest absolute Gasteiger partial charge is 0.228 e. The zero-order valence-corrected chi connectivity index (χ0v) is 18.9. The highest BCUT2D eigenvalue weighted by Crippen LogP contribution is 2.35. The van der Waals surface area contributed by atoms with Crippen LogP contribution in [0.3, 0.4) is 0 Å². The van der Waals surface area contributed by atoms with Gasteiger partial charge in [-0.3, -0.25) is 14.6 Å². The van der Waals surface area contributed by atoms with Gasteiger partial charge in [0.2, 0.25) is 5.91 Å². The Balaban J connectivity index is 1.37. The summed E-state index contributed by atoms with van der Waals surface area (Å²) < 4.78 is 0. The van der Waals surface area contributed by atoms with Gasteiger partial charge < -0.3 is 0 Å². The summed E-state index contributed by atoms with van der Waals surface area (Å²) in [5, 5.41) is 0. The van der Waals surface area contributed by atoms with Crippen LogP contribution in [0.1, 0.15) is 72.7 Å². The van der Waals surface area contributed by atoms with Gasteiger partial charge >= 0.3 is 0 Å². The van der Waals surface area contributed by atoms with E-state index in [0.29, 0.717) is 18.9 Å². The fourth-order valence-electron chi connectivity index (χ4n) is 5.72. The monoisotopic (exact) mass is 418 g/mol. The molecule has 2 aromatic rings. The van der Waals surface area contributed by atoms with Crippen LogP contribution in [0, 0.1) is 13.8 Å². The number of carbonyl (C=O) groups excluding carboxylic acids is 1. The molecule has 5 rings (SSSR count). The second kappa shape index (κ2) is 8.70. The molecule has 2 aliphatic heterocycles. The Labute approximate surface area is 185 Å². The van der Waals surface area contributed by atoms with E-state index >= 15 is 0 Å². The van der Waals surface area contributed by atoms with E-state index in [2.05, 4.69) is 43.0 Å². The Kier molecular flexibility index (Phi) is 5.79. The third kappa shape index (κ3) is 4.25. The summed E-state index contributed by atoms with van der Waals surface area (Å²) in [5.74, 6) is 2.42. The highest BCUT2D eigenvalue weighted by Gasteiger charge is 2.34. The van der Waals surface area contributed by atoms with Crippen LogP contribution in [0.4, 0.5) is 5.82 Å². The van der Waals surface area contributed by atoms with Crippen LogP contribution < -0.4 is 4.90 Å². The fraction of sp³-hybridized carbons (Fsp3) is 0.577. The first-order valence-corrected chi connectivity index (χ1v) is 12.1. The highest BCUT2D eigenvalue weighted by molar-refractivity contribution is 5.95. The molecule has 0 bridgehead atoms. The van der Waals surface area contributed by atoms with E-state index < -0.39 is 0 Å². The minimum absolute atomic E-state index is 0.197. The lowest BCUT2D eigenvalue weighted by Crippen LogP contribution is -2.38. The quantitative estimate of drug-likeness (QED) is 0.724. The molecule has 1 amide bonds. The van der Waals surface area contributed by atoms with Crippen LogP contribution in [-0.2, 0) is 17.6 Å². The minimum atomic E-state index is 0.197. The van der Waals surface area contributed by atoms with Gasteiger partial charge in [0.05, 0.1) is 0 Å². The van der Waals surface area contributed by atoms with Gasteiger partial charge in [0.1, 0.15) is 11.6 Å². The summed E-state index contributed by atoms with van der Waals surface area (Å²) in [7, 11) is 0. The molecule has 5 heteroatoms. The third-order valence-corrected chi connectivity index (χ3v) is 7.49. The summed E-state index contributed by atoms with van der Waals surface area (Å²) in [6, 6.07) is 9.33. The van der Waals surface area contributed by atoms with Crippen LogP contribution in [0.25, 0.3) is 0 Å². The number of nitrogens with zero attached hydrogens (tertiary/aromatic N) is 4. The lowest BCUT2D eigenvalue weighted by atomic mass is 10.0. The van der Waals surface area contributed by atoms with Gasteiger partial charge in [-0.1, -0.05) is 42.7 Å². The van der Waals surface area contributed by atoms with E-state index in [-0.39, 0.29) is 5.91 Å². The van der Waals surface area contributed by atoms with Crippen molar-refractivity contribution in [2.75, 3.05) is 24.5 Å². The van der Waals surface area contributed by atoms with E-state index in [9.17, 15) is 4.79 Å². The number of likely N-dealkylation sites (tertiary alicyclic amines) is 1. The summed E-state index contributed by atoms with van der Waals surface area (Å²) in [5.41, 5.74) is 4.76. The van der Waals surface area contributed by atoms with Crippen molar-refractivity contribution in [1.82, 2.24) is 14.9 Å². The highest BCUT2D eigenvalue weighted by atomic mass is 16.2. The van der Waals surface area contributed by atoms with Gasteiger partial charge in [0, 0.05) is 42.7 Å². The zero-order valence-electron chi connectivity index (χ0n) is 18.9. The van der Waals surface area contributed by atoms with Gasteiger partial charge in [-0.05, 0) is 58.1 Å². The normalized spacial score (nSPS) is 22.3. The third-order valence-electron chi connectivity index (χ3n) is 7.49. The van der Waals surface area contributed by atoms with Crippen molar-refractivity contribution < 1.29 is 4.79 Å². The van der Waals surface area contributed by atoms with Crippen LogP contribution in [0.15, 0.2) is 24.3 Å². The molecule has 1 aliphatic carbocycles. The number of amides is 1. The maximum Gasteiger partial charge on any atom is 0.228 e. The number of fused-ring (bicyclic) bond motifs is 1. The Morgan fingerprint density at radius 3 is 2.71 bits per heavy atom. The molecule has 5 nitrogen and oxygen atoms in total. The van der Waals surface area contributed by atoms with E-state index in [4.69, 9.17) is 9.97 Å². The lowest BCUT2D eigenvalue weighted by Gasteiger charge is -2.30. The Morgan fingerprint density at radius 1 is 1.06 bits per heavy atom. The molecular formula is C26H34N4O. The van der Waals surface area contributed by atoms with Gasteiger partial charge in [0.15, 0.2) is 0 Å². The van der Waals surface area contributed by atoms with E-state index in [1.807, 2.05) is 4.90 Å². The average molecular weight is 419 g/mol. The molecule has 0 unspecified atom stereocenters. The predicted octanol–water partition coefficient (Wildman–Crippen LogP) is 4.35. The maximum atomic E-state index is 12.9. The molecule has 0 spiro atoms. The molecule has 0 radical (unpaired) electrons. The molecule has 1 aromatic heterocycles. The topological polar surface area (TPSA) is 49.3 Å². The van der Waals surface area contributed by atoms with Gasteiger partial charge in [-0.25, -0.2) is 9.97 Å². The number of carbonyl (C=O) groups is 1. The standard InChI is InChI=1S/C26H34N4O/c1-18-6-5-7-20(16-18)12-15-30-24(31)11-10-23-19(2)27-25(28-26(23)30)21-13-14-29(17-21)22-8-3-4-9-22/h5-7,16,21-22H,3-4,8-15,17H2,1-2H3/t21-/m1/s1. The van der Waals surface area contributed by atoms with Crippen LogP contribution >= 0.6 is 0 Å². The maximum absolute atomic E-state index is 12.9. The second-order valence-corrected chi connectivity index (χ2v) is 9.67. The van der Waals surface area contributed by atoms with Gasteiger partial charge in [-0.15, -0.1) is 0 Å². The number of benzene rings is 1. The summed E-state index contributed by atoms with van der Waals surface area (Å²) in [4.78, 5) is 27.5. The van der Waals surface area contributed by atoms with Crippen molar-refractivity contribution >= 4 is 11.7 Å². The Bertz CT molecular complexity index is 966. The zero-order chi connectivity index (χ0) is 21.4. The van der Waals surface area contributed by atoms with Crippen LogP contribution in [0.2, 0.25) is 0 Å². The molecule has 164 valence electrons. The van der Waals surface area contributed by atoms with Crippen molar-refractivity contribution in [1.29, 1.82) is 0 Å². The lowest BCUT2D eigenvalue weighted by molar-refractivity contribution is -0.118. The molecule has 1 atom stereocenters. The summed E-state index contributed by atoms with van der Waals surface area (Å²) >= 11 is 0. The van der Waals surface area contributed by atoms with Gasteiger partial charge in [0.25, 0.3) is 0 Å². The average Bonchev–Trinajstić information content (AvgIpc) is 3.45. The number of aryl methyl sites for hydroxylation is 2. The number of aromatic nitrogens is 2. The summed E-state index contributed by atoms with van der Waals surface area (Å²) in [6.45, 7) is 7.13. The van der Waals surface area contributed by atoms with E-state index in [1.165, 1.54) is 42.4 Å². The molecule has 3 aliphatic rings. The molecule has 1 saturated carbocycles. The van der Waals surface area contributed by atoms with Crippen molar-refractivity contribution in [2.45, 2.75) is 77.2 Å².